The highest BCUT2D eigenvalue weighted by Crippen LogP contribution is 2.20. The molecular weight excluding hydrogens is 222 g/mol. The van der Waals surface area contributed by atoms with Crippen molar-refractivity contribution in [3.05, 3.63) is 35.4 Å². The third-order valence-electron chi connectivity index (χ3n) is 3.99. The molecule has 2 heteroatoms. The zero-order chi connectivity index (χ0) is 13.0. The molecule has 0 spiro atoms. The van der Waals surface area contributed by atoms with Crippen LogP contribution in [-0.4, -0.2) is 23.8 Å². The van der Waals surface area contributed by atoms with Gasteiger partial charge in [0.15, 0.2) is 0 Å². The van der Waals surface area contributed by atoms with Crippen LogP contribution in [0, 0.1) is 6.92 Å². The molecule has 1 saturated carbocycles. The van der Waals surface area contributed by atoms with Crippen LogP contribution in [0.3, 0.4) is 0 Å². The molecule has 1 aliphatic carbocycles. The molecule has 98 valence electrons. The average Bonchev–Trinajstić information content (AvgIpc) is 2.57. The van der Waals surface area contributed by atoms with Crippen LogP contribution in [-0.2, 0) is 11.3 Å². The number of ketones is 1. The summed E-state index contributed by atoms with van der Waals surface area (Å²) in [6, 6.07) is 8.57. The summed E-state index contributed by atoms with van der Waals surface area (Å²) in [5.74, 6) is 0.434. The first-order chi connectivity index (χ1) is 8.68. The lowest BCUT2D eigenvalue weighted by Crippen LogP contribution is -2.37. The Morgan fingerprint density at radius 3 is 2.78 bits per heavy atom. The van der Waals surface area contributed by atoms with E-state index < -0.39 is 0 Å². The van der Waals surface area contributed by atoms with Gasteiger partial charge in [0.1, 0.15) is 5.78 Å². The molecule has 18 heavy (non-hydrogen) atoms. The SMILES string of the molecule is Cc1ccccc1CN(C)C1CCCCCC1=O. The minimum atomic E-state index is 0.132. The first kappa shape index (κ1) is 13.3. The Hall–Kier alpha value is -1.15. The number of hydrogen-bond acceptors (Lipinski definition) is 2. The van der Waals surface area contributed by atoms with Crippen LogP contribution in [0.15, 0.2) is 24.3 Å². The minimum Gasteiger partial charge on any atom is -0.298 e. The van der Waals surface area contributed by atoms with Crippen molar-refractivity contribution < 1.29 is 4.79 Å². The summed E-state index contributed by atoms with van der Waals surface area (Å²) in [6.45, 7) is 3.02. The Labute approximate surface area is 110 Å². The number of aryl methyl sites for hydroxylation is 1. The molecule has 0 amide bonds. The highest BCUT2D eigenvalue weighted by Gasteiger charge is 2.24. The van der Waals surface area contributed by atoms with Crippen molar-refractivity contribution in [1.29, 1.82) is 0 Å². The van der Waals surface area contributed by atoms with Crippen LogP contribution in [0.25, 0.3) is 0 Å². The van der Waals surface area contributed by atoms with E-state index in [9.17, 15) is 4.79 Å². The van der Waals surface area contributed by atoms with Crippen LogP contribution in [0.4, 0.5) is 0 Å². The fourth-order valence-corrected chi connectivity index (χ4v) is 2.77. The molecule has 1 aliphatic rings. The molecule has 0 saturated heterocycles. The summed E-state index contributed by atoms with van der Waals surface area (Å²) in [4.78, 5) is 14.3. The van der Waals surface area contributed by atoms with Crippen LogP contribution in [0.2, 0.25) is 0 Å². The third kappa shape index (κ3) is 3.20. The summed E-state index contributed by atoms with van der Waals surface area (Å²) >= 11 is 0. The molecule has 1 atom stereocenters. The van der Waals surface area contributed by atoms with Gasteiger partial charge in [-0.2, -0.15) is 0 Å². The zero-order valence-corrected chi connectivity index (χ0v) is 11.5. The molecule has 0 heterocycles. The molecule has 0 bridgehead atoms. The highest BCUT2D eigenvalue weighted by atomic mass is 16.1. The Morgan fingerprint density at radius 1 is 1.22 bits per heavy atom. The second-order valence-electron chi connectivity index (χ2n) is 5.42. The molecule has 1 unspecified atom stereocenters. The maximum Gasteiger partial charge on any atom is 0.149 e. The van der Waals surface area contributed by atoms with Crippen molar-refractivity contribution in [3.8, 4) is 0 Å². The summed E-state index contributed by atoms with van der Waals surface area (Å²) in [5, 5.41) is 0. The molecule has 0 aliphatic heterocycles. The number of rotatable bonds is 3. The predicted molar refractivity (Wildman–Crippen MR) is 74.5 cm³/mol. The summed E-state index contributed by atoms with van der Waals surface area (Å²) < 4.78 is 0. The maximum atomic E-state index is 12.1. The number of carbonyl (C=O) groups excluding carboxylic acids is 1. The average molecular weight is 245 g/mol. The van der Waals surface area contributed by atoms with Gasteiger partial charge in [-0.15, -0.1) is 0 Å². The molecular formula is C16H23NO. The van der Waals surface area contributed by atoms with Gasteiger partial charge in [0.2, 0.25) is 0 Å². The predicted octanol–water partition coefficient (Wildman–Crippen LogP) is 3.33. The van der Waals surface area contributed by atoms with Gasteiger partial charge in [-0.05, 0) is 37.9 Å². The third-order valence-corrected chi connectivity index (χ3v) is 3.99. The molecule has 1 aromatic rings. The van der Waals surface area contributed by atoms with E-state index in [4.69, 9.17) is 0 Å². The normalized spacial score (nSPS) is 21.1. The van der Waals surface area contributed by atoms with E-state index in [1.165, 1.54) is 24.0 Å². The van der Waals surface area contributed by atoms with Crippen molar-refractivity contribution in [2.24, 2.45) is 0 Å². The van der Waals surface area contributed by atoms with Gasteiger partial charge in [-0.3, -0.25) is 9.69 Å². The monoisotopic (exact) mass is 245 g/mol. The number of carbonyl (C=O) groups is 1. The van der Waals surface area contributed by atoms with E-state index in [0.29, 0.717) is 5.78 Å². The fraction of sp³-hybridized carbons (Fsp3) is 0.562. The van der Waals surface area contributed by atoms with Gasteiger partial charge in [0.05, 0.1) is 6.04 Å². The summed E-state index contributed by atoms with van der Waals surface area (Å²) in [6.07, 6.45) is 5.27. The topological polar surface area (TPSA) is 20.3 Å². The quantitative estimate of drug-likeness (QED) is 0.761. The standard InChI is InChI=1S/C16H23NO/c1-13-8-6-7-9-14(13)12-17(2)15-10-4-3-5-11-16(15)18/h6-9,15H,3-5,10-12H2,1-2H3. The Kier molecular flexibility index (Phi) is 4.54. The molecule has 0 N–H and O–H groups in total. The van der Waals surface area contributed by atoms with Crippen molar-refractivity contribution >= 4 is 5.78 Å². The summed E-state index contributed by atoms with van der Waals surface area (Å²) in [5.41, 5.74) is 2.64. The molecule has 1 aromatic carbocycles. The van der Waals surface area contributed by atoms with E-state index in [0.717, 1.165) is 25.8 Å². The van der Waals surface area contributed by atoms with E-state index >= 15 is 0 Å². The lowest BCUT2D eigenvalue weighted by Gasteiger charge is -2.26. The number of benzene rings is 1. The fourth-order valence-electron chi connectivity index (χ4n) is 2.77. The van der Waals surface area contributed by atoms with Crippen LogP contribution in [0.5, 0.6) is 0 Å². The Morgan fingerprint density at radius 2 is 2.00 bits per heavy atom. The van der Waals surface area contributed by atoms with E-state index in [-0.39, 0.29) is 6.04 Å². The highest BCUT2D eigenvalue weighted by molar-refractivity contribution is 5.84. The first-order valence-electron chi connectivity index (χ1n) is 6.96. The van der Waals surface area contributed by atoms with Crippen molar-refractivity contribution in [2.45, 2.75) is 51.6 Å². The van der Waals surface area contributed by atoms with Gasteiger partial charge in [-0.25, -0.2) is 0 Å². The second-order valence-corrected chi connectivity index (χ2v) is 5.42. The molecule has 2 rings (SSSR count). The van der Waals surface area contributed by atoms with Gasteiger partial charge in [-0.1, -0.05) is 37.1 Å². The van der Waals surface area contributed by atoms with Gasteiger partial charge < -0.3 is 0 Å². The molecule has 0 aromatic heterocycles. The lowest BCUT2D eigenvalue weighted by atomic mass is 10.0. The first-order valence-corrected chi connectivity index (χ1v) is 6.96. The Bertz CT molecular complexity index is 413. The zero-order valence-electron chi connectivity index (χ0n) is 11.5. The largest absolute Gasteiger partial charge is 0.298 e. The molecule has 1 fully saturated rings. The van der Waals surface area contributed by atoms with Crippen molar-refractivity contribution in [2.75, 3.05) is 7.05 Å². The number of Topliss-reactive ketones (excluding diaryl/α,β-unsaturated/α-hetero) is 1. The molecule has 0 radical (unpaired) electrons. The van der Waals surface area contributed by atoms with Crippen LogP contribution >= 0.6 is 0 Å². The maximum absolute atomic E-state index is 12.1. The van der Waals surface area contributed by atoms with Crippen LogP contribution < -0.4 is 0 Å². The van der Waals surface area contributed by atoms with Crippen LogP contribution in [0.1, 0.15) is 43.2 Å². The van der Waals surface area contributed by atoms with E-state index in [1.807, 2.05) is 0 Å². The van der Waals surface area contributed by atoms with E-state index in [2.05, 4.69) is 43.1 Å². The smallest absolute Gasteiger partial charge is 0.149 e. The summed E-state index contributed by atoms with van der Waals surface area (Å²) in [7, 11) is 2.08. The molecule has 2 nitrogen and oxygen atoms in total. The van der Waals surface area contributed by atoms with Gasteiger partial charge >= 0.3 is 0 Å². The lowest BCUT2D eigenvalue weighted by molar-refractivity contribution is -0.123. The van der Waals surface area contributed by atoms with E-state index in [1.54, 1.807) is 0 Å². The van der Waals surface area contributed by atoms with Gasteiger partial charge in [0.25, 0.3) is 0 Å². The number of likely N-dealkylation sites (N-methyl/N-ethyl adjacent to an activating group) is 1. The van der Waals surface area contributed by atoms with Crippen molar-refractivity contribution in [3.63, 3.8) is 0 Å². The van der Waals surface area contributed by atoms with Crippen molar-refractivity contribution in [1.82, 2.24) is 4.90 Å². The minimum absolute atomic E-state index is 0.132. The van der Waals surface area contributed by atoms with Gasteiger partial charge in [0, 0.05) is 13.0 Å². The number of nitrogens with zero attached hydrogens (tertiary/aromatic N) is 1. The Balaban J connectivity index is 2.04. The number of hydrogen-bond donors (Lipinski definition) is 0. The second kappa shape index (κ2) is 6.14.